The zero-order chi connectivity index (χ0) is 13.3. The Bertz CT molecular complexity index is 432. The minimum Gasteiger partial charge on any atom is -0.481 e. The van der Waals surface area contributed by atoms with Crippen LogP contribution in [0.5, 0.6) is 0 Å². The Morgan fingerprint density at radius 3 is 2.67 bits per heavy atom. The molecule has 1 fully saturated rings. The number of amides is 2. The molecule has 2 heterocycles. The first-order valence-electron chi connectivity index (χ1n) is 5.85. The average Bonchev–Trinajstić information content (AvgIpc) is 2.81. The number of hydrogen-bond donors (Lipinski definition) is 1. The van der Waals surface area contributed by atoms with E-state index in [0.717, 1.165) is 0 Å². The summed E-state index contributed by atoms with van der Waals surface area (Å²) in [6.45, 7) is 0.664. The Kier molecular flexibility index (Phi) is 3.31. The second-order valence-corrected chi connectivity index (χ2v) is 4.54. The summed E-state index contributed by atoms with van der Waals surface area (Å²) >= 11 is 0. The van der Waals surface area contributed by atoms with Crippen molar-refractivity contribution in [3.63, 3.8) is 0 Å². The molecule has 0 spiro atoms. The summed E-state index contributed by atoms with van der Waals surface area (Å²) in [7, 11) is 1.51. The number of carboxylic acids is 1. The number of aliphatic carboxylic acids is 1. The number of likely N-dealkylation sites (tertiary alicyclic amines) is 1. The van der Waals surface area contributed by atoms with E-state index in [2.05, 4.69) is 5.10 Å². The monoisotopic (exact) mass is 253 g/mol. The lowest BCUT2D eigenvalue weighted by Gasteiger charge is -2.22. The van der Waals surface area contributed by atoms with Crippen molar-refractivity contribution in [1.82, 2.24) is 9.91 Å². The minimum atomic E-state index is -0.872. The standard InChI is InChI=1S/C11H15N3O4/c1-13-9(15)3-2-8(12-13)10(16)14-5-4-7(6-14)11(17)18/h7H,2-6H2,1H3,(H,17,18). The third-order valence-electron chi connectivity index (χ3n) is 3.28. The van der Waals surface area contributed by atoms with Crippen molar-refractivity contribution < 1.29 is 19.5 Å². The lowest BCUT2D eigenvalue weighted by atomic mass is 10.1. The number of carbonyl (C=O) groups is 3. The van der Waals surface area contributed by atoms with Gasteiger partial charge in [-0.05, 0) is 6.42 Å². The molecule has 2 amide bonds. The van der Waals surface area contributed by atoms with Crippen LogP contribution in [0.25, 0.3) is 0 Å². The number of carboxylic acid groups (broad SMARTS) is 1. The maximum Gasteiger partial charge on any atom is 0.308 e. The van der Waals surface area contributed by atoms with E-state index in [-0.39, 0.29) is 24.8 Å². The molecule has 18 heavy (non-hydrogen) atoms. The van der Waals surface area contributed by atoms with Gasteiger partial charge in [0.15, 0.2) is 0 Å². The number of rotatable bonds is 2. The van der Waals surface area contributed by atoms with Crippen LogP contribution in [0, 0.1) is 5.92 Å². The Hall–Kier alpha value is -1.92. The Morgan fingerprint density at radius 1 is 1.39 bits per heavy atom. The summed E-state index contributed by atoms with van der Waals surface area (Å²) in [6.07, 6.45) is 1.08. The van der Waals surface area contributed by atoms with Crippen molar-refractivity contribution in [3.8, 4) is 0 Å². The lowest BCUT2D eigenvalue weighted by Crippen LogP contribution is -2.39. The van der Waals surface area contributed by atoms with Crippen LogP contribution in [0.1, 0.15) is 19.3 Å². The predicted molar refractivity (Wildman–Crippen MR) is 61.8 cm³/mol. The molecular formula is C11H15N3O4. The largest absolute Gasteiger partial charge is 0.481 e. The van der Waals surface area contributed by atoms with Crippen molar-refractivity contribution >= 4 is 23.5 Å². The molecule has 7 heteroatoms. The van der Waals surface area contributed by atoms with Crippen molar-refractivity contribution in [1.29, 1.82) is 0 Å². The van der Waals surface area contributed by atoms with Gasteiger partial charge in [-0.2, -0.15) is 5.10 Å². The van der Waals surface area contributed by atoms with Crippen LogP contribution >= 0.6 is 0 Å². The van der Waals surface area contributed by atoms with Crippen LogP contribution in [0.2, 0.25) is 0 Å². The van der Waals surface area contributed by atoms with Crippen LogP contribution in [0.3, 0.4) is 0 Å². The molecule has 98 valence electrons. The first-order chi connectivity index (χ1) is 8.49. The van der Waals surface area contributed by atoms with Gasteiger partial charge in [-0.3, -0.25) is 14.4 Å². The van der Waals surface area contributed by atoms with E-state index in [1.54, 1.807) is 0 Å². The summed E-state index contributed by atoms with van der Waals surface area (Å²) < 4.78 is 0. The highest BCUT2D eigenvalue weighted by atomic mass is 16.4. The highest BCUT2D eigenvalue weighted by Gasteiger charge is 2.33. The third kappa shape index (κ3) is 2.34. The molecule has 0 aliphatic carbocycles. The van der Waals surface area contributed by atoms with E-state index in [4.69, 9.17) is 5.11 Å². The third-order valence-corrected chi connectivity index (χ3v) is 3.28. The summed E-state index contributed by atoms with van der Waals surface area (Å²) in [5.74, 6) is -1.73. The van der Waals surface area contributed by atoms with Gasteiger partial charge in [0.25, 0.3) is 5.91 Å². The Balaban J connectivity index is 2.03. The van der Waals surface area contributed by atoms with Gasteiger partial charge < -0.3 is 10.0 Å². The molecule has 2 aliphatic heterocycles. The second-order valence-electron chi connectivity index (χ2n) is 4.54. The SMILES string of the molecule is CN1N=C(C(=O)N2CCC(C(=O)O)C2)CCC1=O. The lowest BCUT2D eigenvalue weighted by molar-refractivity contribution is -0.141. The van der Waals surface area contributed by atoms with E-state index in [9.17, 15) is 14.4 Å². The predicted octanol–water partition coefficient (Wildman–Crippen LogP) is -0.472. The summed E-state index contributed by atoms with van der Waals surface area (Å²) in [6, 6.07) is 0. The highest BCUT2D eigenvalue weighted by Crippen LogP contribution is 2.18. The molecule has 7 nitrogen and oxygen atoms in total. The summed E-state index contributed by atoms with van der Waals surface area (Å²) in [5, 5.41) is 14.0. The minimum absolute atomic E-state index is 0.114. The smallest absolute Gasteiger partial charge is 0.308 e. The Morgan fingerprint density at radius 2 is 2.11 bits per heavy atom. The van der Waals surface area contributed by atoms with Crippen LogP contribution in [0.4, 0.5) is 0 Å². The Labute approximate surface area is 104 Å². The van der Waals surface area contributed by atoms with Crippen molar-refractivity contribution in [2.24, 2.45) is 11.0 Å². The molecular weight excluding hydrogens is 238 g/mol. The average molecular weight is 253 g/mol. The van der Waals surface area contributed by atoms with Gasteiger partial charge >= 0.3 is 5.97 Å². The maximum absolute atomic E-state index is 12.1. The molecule has 0 aromatic carbocycles. The van der Waals surface area contributed by atoms with Gasteiger partial charge in [0.2, 0.25) is 5.91 Å². The van der Waals surface area contributed by atoms with Crippen molar-refractivity contribution in [2.75, 3.05) is 20.1 Å². The number of hydrogen-bond acceptors (Lipinski definition) is 4. The fraction of sp³-hybridized carbons (Fsp3) is 0.636. The first kappa shape index (κ1) is 12.5. The molecule has 0 radical (unpaired) electrons. The van der Waals surface area contributed by atoms with E-state index in [1.165, 1.54) is 17.0 Å². The zero-order valence-corrected chi connectivity index (χ0v) is 10.1. The number of nitrogens with zero attached hydrogens (tertiary/aromatic N) is 3. The second kappa shape index (κ2) is 4.75. The first-order valence-corrected chi connectivity index (χ1v) is 5.85. The zero-order valence-electron chi connectivity index (χ0n) is 10.1. The van der Waals surface area contributed by atoms with E-state index in [1.807, 2.05) is 0 Å². The van der Waals surface area contributed by atoms with Crippen molar-refractivity contribution in [3.05, 3.63) is 0 Å². The maximum atomic E-state index is 12.1. The van der Waals surface area contributed by atoms with Crippen LogP contribution in [-0.2, 0) is 14.4 Å². The van der Waals surface area contributed by atoms with Crippen molar-refractivity contribution in [2.45, 2.75) is 19.3 Å². The molecule has 0 bridgehead atoms. The van der Waals surface area contributed by atoms with Gasteiger partial charge in [0, 0.05) is 33.0 Å². The normalized spacial score (nSPS) is 24.2. The molecule has 2 aliphatic rings. The van der Waals surface area contributed by atoms with Crippen LogP contribution in [0.15, 0.2) is 5.10 Å². The van der Waals surface area contributed by atoms with Crippen LogP contribution < -0.4 is 0 Å². The van der Waals surface area contributed by atoms with Gasteiger partial charge in [0.05, 0.1) is 5.92 Å². The topological polar surface area (TPSA) is 90.3 Å². The molecule has 1 unspecified atom stereocenters. The van der Waals surface area contributed by atoms with Gasteiger partial charge in [-0.15, -0.1) is 0 Å². The van der Waals surface area contributed by atoms with E-state index < -0.39 is 11.9 Å². The highest BCUT2D eigenvalue weighted by molar-refractivity contribution is 6.39. The molecule has 0 aromatic rings. The summed E-state index contributed by atoms with van der Waals surface area (Å²) in [4.78, 5) is 35.6. The molecule has 1 atom stereocenters. The summed E-state index contributed by atoms with van der Waals surface area (Å²) in [5.41, 5.74) is 0.336. The van der Waals surface area contributed by atoms with Gasteiger partial charge in [-0.25, -0.2) is 5.01 Å². The number of carbonyl (C=O) groups excluding carboxylic acids is 2. The quantitative estimate of drug-likeness (QED) is 0.720. The number of hydrazone groups is 1. The molecule has 0 aromatic heterocycles. The van der Waals surface area contributed by atoms with Gasteiger partial charge in [-0.1, -0.05) is 0 Å². The fourth-order valence-corrected chi connectivity index (χ4v) is 2.15. The fourth-order valence-electron chi connectivity index (χ4n) is 2.15. The van der Waals surface area contributed by atoms with Crippen LogP contribution in [-0.4, -0.2) is 58.6 Å². The van der Waals surface area contributed by atoms with E-state index >= 15 is 0 Å². The van der Waals surface area contributed by atoms with E-state index in [0.29, 0.717) is 25.1 Å². The molecule has 1 N–H and O–H groups in total. The molecule has 0 saturated carbocycles. The van der Waals surface area contributed by atoms with Gasteiger partial charge in [0.1, 0.15) is 5.71 Å². The molecule has 2 rings (SSSR count). The molecule has 1 saturated heterocycles.